The third-order valence-electron chi connectivity index (χ3n) is 10.5. The molecule has 0 bridgehead atoms. The van der Waals surface area contributed by atoms with Crippen LogP contribution in [0.5, 0.6) is 28.7 Å². The first kappa shape index (κ1) is 55.5. The van der Waals surface area contributed by atoms with E-state index < -0.39 is 23.1 Å². The Morgan fingerprint density at radius 2 is 0.961 bits per heavy atom. The Hall–Kier alpha value is -10.8. The standard InChI is InChI=1S/C21H15N3O4.C14H9NO3.C7H5ClO2.C7H8N2O2.C7H7NO2/c25-17-7-3-1-5-15(17)19-22-20(16-6-2-4-8-18(16)26)24(23-19)14-11-9-13(10-12-14)21(27)28;16-11-7-3-1-5-9(11)14-15-13(17)10-6-2-4-8-12(10)18-14;8-7(10)5-3-1-2-4-6(5)9;8-9-6-3-1-5(2-4-6)7(10)11;8-7(10)5-3-1-2-4-6(5)9/h1-12,25-26H,(H,27,28);1-8,16H;1-4,9H;1-4,9H,8H2,(H,10,11);1-4,9H,(H2,8,10). The number of phenolic OH excluding ortho intramolecular Hbond substituents is 4. The Morgan fingerprint density at radius 1 is 0.519 bits per heavy atom. The van der Waals surface area contributed by atoms with Crippen molar-refractivity contribution < 1.29 is 59.3 Å². The van der Waals surface area contributed by atoms with E-state index in [1.807, 2.05) is 0 Å². The highest BCUT2D eigenvalue weighted by Crippen LogP contribution is 2.34. The van der Waals surface area contributed by atoms with Crippen molar-refractivity contribution >= 4 is 51.3 Å². The van der Waals surface area contributed by atoms with E-state index in [1.165, 1.54) is 65.3 Å². The number of halogens is 1. The summed E-state index contributed by atoms with van der Waals surface area (Å²) in [4.78, 5) is 62.6. The third-order valence-corrected chi connectivity index (χ3v) is 10.7. The van der Waals surface area contributed by atoms with Crippen LogP contribution in [0.25, 0.3) is 50.9 Å². The number of nitrogens with two attached hydrogens (primary N) is 2. The Bertz CT molecular complexity index is 3700. The quantitative estimate of drug-likeness (QED) is 0.0365. The van der Waals surface area contributed by atoms with E-state index in [0.29, 0.717) is 44.9 Å². The lowest BCUT2D eigenvalue weighted by atomic mass is 10.1. The monoisotopic (exact) mass is 1060 g/mol. The van der Waals surface area contributed by atoms with E-state index in [2.05, 4.69) is 20.5 Å². The van der Waals surface area contributed by atoms with Crippen LogP contribution in [-0.4, -0.2) is 78.6 Å². The Labute approximate surface area is 441 Å². The van der Waals surface area contributed by atoms with E-state index in [4.69, 9.17) is 48.0 Å². The number of nitrogens with zero attached hydrogens (tertiary/aromatic N) is 4. The lowest BCUT2D eigenvalue weighted by Gasteiger charge is -2.07. The summed E-state index contributed by atoms with van der Waals surface area (Å²) in [5.41, 5.74) is 10.7. The smallest absolute Gasteiger partial charge is 0.335 e. The van der Waals surface area contributed by atoms with Crippen molar-refractivity contribution in [1.29, 1.82) is 0 Å². The van der Waals surface area contributed by atoms with Crippen LogP contribution in [0.2, 0.25) is 0 Å². The number of primary amides is 1. The van der Waals surface area contributed by atoms with Gasteiger partial charge in [-0.2, -0.15) is 4.98 Å². The number of carbonyl (C=O) groups excluding carboxylic acids is 2. The summed E-state index contributed by atoms with van der Waals surface area (Å²) in [5, 5.41) is 70.0. The van der Waals surface area contributed by atoms with E-state index in [-0.39, 0.29) is 68.3 Å². The number of aromatic hydroxyl groups is 5. The molecule has 1 amide bonds. The number of amides is 1. The number of phenols is 5. The number of carboxylic acid groups (broad SMARTS) is 2. The molecule has 20 nitrogen and oxygen atoms in total. The minimum Gasteiger partial charge on any atom is -0.507 e. The molecule has 388 valence electrons. The summed E-state index contributed by atoms with van der Waals surface area (Å²) < 4.78 is 7.04. The lowest BCUT2D eigenvalue weighted by Crippen LogP contribution is -2.10. The van der Waals surface area contributed by atoms with Gasteiger partial charge in [0.1, 0.15) is 34.3 Å². The fourth-order valence-corrected chi connectivity index (χ4v) is 6.82. The molecule has 0 radical (unpaired) electrons. The summed E-state index contributed by atoms with van der Waals surface area (Å²) in [7, 11) is 0. The Kier molecular flexibility index (Phi) is 18.9. The van der Waals surface area contributed by atoms with Crippen molar-refractivity contribution in [2.45, 2.75) is 0 Å². The first-order valence-corrected chi connectivity index (χ1v) is 22.8. The van der Waals surface area contributed by atoms with Crippen molar-refractivity contribution in [1.82, 2.24) is 19.7 Å². The molecular weight excluding hydrogens is 1010 g/mol. The first-order valence-electron chi connectivity index (χ1n) is 22.4. The van der Waals surface area contributed by atoms with Gasteiger partial charge in [0, 0.05) is 5.69 Å². The number of para-hydroxylation sites is 6. The number of aromatic carboxylic acids is 2. The number of hydrazine groups is 1. The number of nitrogens with one attached hydrogen (secondary N) is 1. The second-order valence-corrected chi connectivity index (χ2v) is 15.9. The molecule has 0 saturated heterocycles. The van der Waals surface area contributed by atoms with E-state index in [0.717, 1.165) is 0 Å². The summed E-state index contributed by atoms with van der Waals surface area (Å²) in [6, 6.07) is 51.5. The molecule has 0 fully saturated rings. The fraction of sp³-hybridized carbons (Fsp3) is 0. The number of anilines is 1. The molecule has 12 N–H and O–H groups in total. The van der Waals surface area contributed by atoms with Crippen LogP contribution in [0, 0.1) is 0 Å². The normalized spacial score (nSPS) is 10.1. The molecule has 10 aromatic rings. The number of hydrogen-bond acceptors (Lipinski definition) is 16. The Morgan fingerprint density at radius 3 is 1.42 bits per heavy atom. The molecule has 0 saturated carbocycles. The SMILES string of the molecule is NC(=O)c1ccccc1O.NNc1ccc(C(=O)O)cc1.O=C(Cl)c1ccccc1O.O=C(O)c1ccc(-n2nc(-c3ccccc3O)nc2-c2ccccc2O)cc1.O=c1nc(-c2ccccc2O)oc2ccccc12. The highest BCUT2D eigenvalue weighted by atomic mass is 35.5. The number of carboxylic acids is 2. The molecule has 0 aliphatic heterocycles. The first-order chi connectivity index (χ1) is 37.0. The minimum absolute atomic E-state index is 0.0298. The van der Waals surface area contributed by atoms with Gasteiger partial charge in [-0.05, 0) is 133 Å². The zero-order valence-corrected chi connectivity index (χ0v) is 40.6. The highest BCUT2D eigenvalue weighted by molar-refractivity contribution is 6.68. The van der Waals surface area contributed by atoms with Crippen LogP contribution in [0.3, 0.4) is 0 Å². The summed E-state index contributed by atoms with van der Waals surface area (Å²) in [5.74, 6) is 3.20. The topological polar surface area (TPSA) is 348 Å². The van der Waals surface area contributed by atoms with Crippen molar-refractivity contribution in [2.75, 3.05) is 5.43 Å². The number of aromatic nitrogens is 4. The largest absolute Gasteiger partial charge is 0.507 e. The fourth-order valence-electron chi connectivity index (χ4n) is 6.66. The summed E-state index contributed by atoms with van der Waals surface area (Å²) >= 11 is 5.11. The van der Waals surface area contributed by atoms with Gasteiger partial charge in [-0.1, -0.05) is 72.8 Å². The van der Waals surface area contributed by atoms with Crippen molar-refractivity contribution in [3.8, 4) is 68.7 Å². The van der Waals surface area contributed by atoms with Crippen molar-refractivity contribution in [3.63, 3.8) is 0 Å². The van der Waals surface area contributed by atoms with Crippen molar-refractivity contribution in [3.05, 3.63) is 227 Å². The molecule has 0 unspecified atom stereocenters. The molecule has 0 spiro atoms. The van der Waals surface area contributed by atoms with Crippen LogP contribution in [0.4, 0.5) is 5.69 Å². The molecular formula is C56H44ClN7O13. The molecule has 8 aromatic carbocycles. The number of rotatable bonds is 9. The maximum atomic E-state index is 11.8. The number of fused-ring (bicyclic) bond motifs is 1. The lowest BCUT2D eigenvalue weighted by molar-refractivity contribution is 0.0686. The van der Waals surface area contributed by atoms with Gasteiger partial charge < -0.3 is 51.3 Å². The van der Waals surface area contributed by atoms with Gasteiger partial charge in [-0.25, -0.2) is 19.3 Å². The molecule has 0 atom stereocenters. The van der Waals surface area contributed by atoms with Gasteiger partial charge in [-0.3, -0.25) is 20.2 Å². The molecule has 21 heteroatoms. The second-order valence-electron chi connectivity index (χ2n) is 15.6. The van der Waals surface area contributed by atoms with Crippen LogP contribution < -0.4 is 22.6 Å². The number of nitrogen functional groups attached to an aromatic ring is 1. The summed E-state index contributed by atoms with van der Waals surface area (Å²) in [6.45, 7) is 0. The van der Waals surface area contributed by atoms with Crippen LogP contribution >= 0.6 is 11.6 Å². The highest BCUT2D eigenvalue weighted by Gasteiger charge is 2.20. The minimum atomic E-state index is -1.03. The summed E-state index contributed by atoms with van der Waals surface area (Å²) in [6.07, 6.45) is 0. The number of benzene rings is 8. The van der Waals surface area contributed by atoms with Gasteiger partial charge in [0.2, 0.25) is 5.89 Å². The predicted octanol–water partition coefficient (Wildman–Crippen LogP) is 9.20. The average Bonchev–Trinajstić information content (AvgIpc) is 3.90. The number of hydrogen-bond donors (Lipinski definition) is 10. The van der Waals surface area contributed by atoms with Crippen LogP contribution in [0.1, 0.15) is 41.4 Å². The predicted molar refractivity (Wildman–Crippen MR) is 286 cm³/mol. The Balaban J connectivity index is 0.000000168. The van der Waals surface area contributed by atoms with Crippen molar-refractivity contribution in [2.24, 2.45) is 11.6 Å². The maximum Gasteiger partial charge on any atom is 0.335 e. The van der Waals surface area contributed by atoms with Crippen LogP contribution in [0.15, 0.2) is 203 Å². The van der Waals surface area contributed by atoms with Gasteiger partial charge in [0.25, 0.3) is 16.7 Å². The molecule has 0 aliphatic rings. The molecule has 2 aromatic heterocycles. The molecule has 0 aliphatic carbocycles. The van der Waals surface area contributed by atoms with E-state index in [1.54, 1.807) is 133 Å². The van der Waals surface area contributed by atoms with E-state index >= 15 is 0 Å². The average molecular weight is 1060 g/mol. The van der Waals surface area contributed by atoms with Gasteiger partial charge in [-0.15, -0.1) is 5.10 Å². The van der Waals surface area contributed by atoms with Crippen LogP contribution in [-0.2, 0) is 0 Å². The van der Waals surface area contributed by atoms with Gasteiger partial charge in [0.15, 0.2) is 11.6 Å². The zero-order chi connectivity index (χ0) is 55.6. The van der Waals surface area contributed by atoms with Gasteiger partial charge in [0.05, 0.1) is 50.0 Å². The zero-order valence-electron chi connectivity index (χ0n) is 39.9. The van der Waals surface area contributed by atoms with Gasteiger partial charge >= 0.3 is 11.9 Å². The second kappa shape index (κ2) is 26.2. The third kappa shape index (κ3) is 14.7. The molecule has 2 heterocycles. The van der Waals surface area contributed by atoms with E-state index in [9.17, 15) is 39.3 Å². The number of carbonyl (C=O) groups is 4. The maximum absolute atomic E-state index is 11.8. The molecule has 77 heavy (non-hydrogen) atoms. The molecule has 10 rings (SSSR count).